The average Bonchev–Trinajstić information content (AvgIpc) is 2.42. The van der Waals surface area contributed by atoms with Gasteiger partial charge in [0.25, 0.3) is 5.69 Å². The molecule has 0 spiro atoms. The van der Waals surface area contributed by atoms with Crippen LogP contribution >= 0.6 is 15.9 Å². The van der Waals surface area contributed by atoms with Gasteiger partial charge in [0.05, 0.1) is 10.6 Å². The van der Waals surface area contributed by atoms with E-state index >= 15 is 0 Å². The van der Waals surface area contributed by atoms with Gasteiger partial charge in [-0.05, 0) is 24.3 Å². The number of carbonyl (C=O) groups is 1. The molecule has 0 saturated carbocycles. The number of hydrogen-bond donors (Lipinski definition) is 2. The Morgan fingerprint density at radius 3 is 2.62 bits per heavy atom. The lowest BCUT2D eigenvalue weighted by molar-refractivity contribution is -0.384. The Balaban J connectivity index is 2.08. The molecule has 2 aromatic carbocycles. The van der Waals surface area contributed by atoms with E-state index in [0.29, 0.717) is 4.47 Å². The van der Waals surface area contributed by atoms with Crippen LogP contribution in [0.4, 0.5) is 26.2 Å². The van der Waals surface area contributed by atoms with Crippen molar-refractivity contribution in [1.29, 1.82) is 0 Å². The van der Waals surface area contributed by atoms with Gasteiger partial charge in [0, 0.05) is 22.3 Å². The van der Waals surface area contributed by atoms with E-state index in [1.54, 1.807) is 6.07 Å². The Labute approximate surface area is 127 Å². The van der Waals surface area contributed by atoms with E-state index in [0.717, 1.165) is 0 Å². The number of anilines is 2. The molecule has 0 bridgehead atoms. The van der Waals surface area contributed by atoms with E-state index in [2.05, 4.69) is 26.6 Å². The topological polar surface area (TPSA) is 84.3 Å². The minimum Gasteiger partial charge on any atom is -0.307 e. The number of hydrogen-bond acceptors (Lipinski definition) is 3. The number of urea groups is 1. The lowest BCUT2D eigenvalue weighted by atomic mass is 10.3. The van der Waals surface area contributed by atoms with Crippen LogP contribution in [0.2, 0.25) is 0 Å². The standard InChI is InChI=1S/C13H9BrFN3O3/c14-8-4-5-12(11(15)6-8)17-13(19)16-9-2-1-3-10(7-9)18(20)21/h1-7H,(H2,16,17,19). The molecule has 0 aliphatic heterocycles. The maximum Gasteiger partial charge on any atom is 0.323 e. The molecule has 0 aliphatic carbocycles. The molecular weight excluding hydrogens is 345 g/mol. The molecule has 21 heavy (non-hydrogen) atoms. The predicted molar refractivity (Wildman–Crippen MR) is 79.8 cm³/mol. The van der Waals surface area contributed by atoms with Crippen molar-refractivity contribution in [3.8, 4) is 0 Å². The number of nitrogens with zero attached hydrogens (tertiary/aromatic N) is 1. The summed E-state index contributed by atoms with van der Waals surface area (Å²) in [5, 5.41) is 15.3. The quantitative estimate of drug-likeness (QED) is 0.642. The Bertz CT molecular complexity index is 709. The van der Waals surface area contributed by atoms with E-state index in [4.69, 9.17) is 0 Å². The molecule has 0 radical (unpaired) electrons. The zero-order valence-electron chi connectivity index (χ0n) is 10.5. The molecule has 0 aromatic heterocycles. The minimum atomic E-state index is -0.697. The van der Waals surface area contributed by atoms with Crippen LogP contribution in [0.15, 0.2) is 46.9 Å². The minimum absolute atomic E-state index is 0.00105. The van der Waals surface area contributed by atoms with Crippen molar-refractivity contribution in [1.82, 2.24) is 0 Å². The number of halogens is 2. The molecule has 2 rings (SSSR count). The van der Waals surface area contributed by atoms with Gasteiger partial charge in [-0.1, -0.05) is 22.0 Å². The van der Waals surface area contributed by atoms with Crippen LogP contribution in [0.1, 0.15) is 0 Å². The highest BCUT2D eigenvalue weighted by Crippen LogP contribution is 2.20. The van der Waals surface area contributed by atoms with E-state index in [1.165, 1.54) is 36.4 Å². The molecule has 0 aliphatic rings. The summed E-state index contributed by atoms with van der Waals surface area (Å²) in [5.74, 6) is -0.599. The third-order valence-corrected chi connectivity index (χ3v) is 2.99. The zero-order chi connectivity index (χ0) is 15.4. The first-order chi connectivity index (χ1) is 9.95. The van der Waals surface area contributed by atoms with Crippen molar-refractivity contribution in [3.05, 3.63) is 62.9 Å². The summed E-state index contributed by atoms with van der Waals surface area (Å²) >= 11 is 3.11. The summed E-state index contributed by atoms with van der Waals surface area (Å²) in [7, 11) is 0. The molecule has 0 unspecified atom stereocenters. The molecule has 0 saturated heterocycles. The first-order valence-electron chi connectivity index (χ1n) is 5.73. The number of amides is 2. The van der Waals surface area contributed by atoms with E-state index in [-0.39, 0.29) is 17.1 Å². The van der Waals surface area contributed by atoms with Crippen LogP contribution < -0.4 is 10.6 Å². The van der Waals surface area contributed by atoms with Crippen molar-refractivity contribution in [2.75, 3.05) is 10.6 Å². The maximum absolute atomic E-state index is 13.6. The van der Waals surface area contributed by atoms with Crippen molar-refractivity contribution in [3.63, 3.8) is 0 Å². The second-order valence-electron chi connectivity index (χ2n) is 4.01. The normalized spacial score (nSPS) is 10.0. The van der Waals surface area contributed by atoms with E-state index in [9.17, 15) is 19.3 Å². The number of benzene rings is 2. The van der Waals surface area contributed by atoms with Gasteiger partial charge < -0.3 is 10.6 Å². The SMILES string of the molecule is O=C(Nc1cccc([N+](=O)[O-])c1)Nc1ccc(Br)cc1F. The van der Waals surface area contributed by atoms with Crippen molar-refractivity contribution in [2.24, 2.45) is 0 Å². The predicted octanol–water partition coefficient (Wildman–Crippen LogP) is 4.14. The molecule has 8 heteroatoms. The zero-order valence-corrected chi connectivity index (χ0v) is 12.1. The number of rotatable bonds is 3. The van der Waals surface area contributed by atoms with Crippen LogP contribution in [-0.4, -0.2) is 11.0 Å². The van der Waals surface area contributed by atoms with E-state index < -0.39 is 16.8 Å². The first-order valence-corrected chi connectivity index (χ1v) is 6.52. The third kappa shape index (κ3) is 3.99. The van der Waals surface area contributed by atoms with Crippen LogP contribution in [0.25, 0.3) is 0 Å². The molecule has 108 valence electrons. The van der Waals surface area contributed by atoms with Gasteiger partial charge >= 0.3 is 6.03 Å². The number of nitro groups is 1. The smallest absolute Gasteiger partial charge is 0.307 e. The fourth-order valence-electron chi connectivity index (χ4n) is 1.57. The third-order valence-electron chi connectivity index (χ3n) is 2.49. The summed E-state index contributed by atoms with van der Waals surface area (Å²) in [6.07, 6.45) is 0. The molecule has 2 N–H and O–H groups in total. The lowest BCUT2D eigenvalue weighted by Gasteiger charge is -2.08. The van der Waals surface area contributed by atoms with Crippen LogP contribution in [0.5, 0.6) is 0 Å². The average molecular weight is 354 g/mol. The summed E-state index contributed by atoms with van der Waals surface area (Å²) in [6, 6.07) is 8.92. The Morgan fingerprint density at radius 1 is 1.19 bits per heavy atom. The lowest BCUT2D eigenvalue weighted by Crippen LogP contribution is -2.20. The molecule has 2 amide bonds. The largest absolute Gasteiger partial charge is 0.323 e. The van der Waals surface area contributed by atoms with Crippen LogP contribution in [0, 0.1) is 15.9 Å². The van der Waals surface area contributed by atoms with Crippen molar-refractivity contribution < 1.29 is 14.1 Å². The Kier molecular flexibility index (Phi) is 4.49. The molecule has 0 heterocycles. The highest BCUT2D eigenvalue weighted by molar-refractivity contribution is 9.10. The number of nitro benzene ring substituents is 1. The molecular formula is C13H9BrFN3O3. The highest BCUT2D eigenvalue weighted by atomic mass is 79.9. The maximum atomic E-state index is 13.6. The van der Waals surface area contributed by atoms with Gasteiger partial charge in [-0.25, -0.2) is 9.18 Å². The van der Waals surface area contributed by atoms with Gasteiger partial charge in [-0.15, -0.1) is 0 Å². The van der Waals surface area contributed by atoms with Crippen LogP contribution in [0.3, 0.4) is 0 Å². The summed E-state index contributed by atoms with van der Waals surface area (Å²) < 4.78 is 14.1. The van der Waals surface area contributed by atoms with Gasteiger partial charge in [0.1, 0.15) is 5.82 Å². The highest BCUT2D eigenvalue weighted by Gasteiger charge is 2.10. The Morgan fingerprint density at radius 2 is 1.95 bits per heavy atom. The van der Waals surface area contributed by atoms with Gasteiger partial charge in [0.2, 0.25) is 0 Å². The van der Waals surface area contributed by atoms with Gasteiger partial charge in [-0.3, -0.25) is 10.1 Å². The molecule has 0 atom stereocenters. The Hall–Kier alpha value is -2.48. The molecule has 6 nitrogen and oxygen atoms in total. The number of non-ortho nitro benzene ring substituents is 1. The second kappa shape index (κ2) is 6.31. The van der Waals surface area contributed by atoms with Crippen molar-refractivity contribution >= 4 is 39.0 Å². The second-order valence-corrected chi connectivity index (χ2v) is 4.93. The molecule has 2 aromatic rings. The van der Waals surface area contributed by atoms with Gasteiger partial charge in [-0.2, -0.15) is 0 Å². The first kappa shape index (κ1) is 14.9. The van der Waals surface area contributed by atoms with Crippen LogP contribution in [-0.2, 0) is 0 Å². The number of carbonyl (C=O) groups excluding carboxylic acids is 1. The fourth-order valence-corrected chi connectivity index (χ4v) is 1.91. The van der Waals surface area contributed by atoms with Gasteiger partial charge in [0.15, 0.2) is 0 Å². The number of nitrogens with one attached hydrogen (secondary N) is 2. The summed E-state index contributed by atoms with van der Waals surface area (Å²) in [6.45, 7) is 0. The fraction of sp³-hybridized carbons (Fsp3) is 0. The van der Waals surface area contributed by atoms with Crippen molar-refractivity contribution in [2.45, 2.75) is 0 Å². The summed E-state index contributed by atoms with van der Waals surface area (Å²) in [5.41, 5.74) is 0.0861. The monoisotopic (exact) mass is 353 g/mol. The van der Waals surface area contributed by atoms with E-state index in [1.807, 2.05) is 0 Å². The molecule has 0 fully saturated rings. The summed E-state index contributed by atoms with van der Waals surface area (Å²) in [4.78, 5) is 21.8.